The first kappa shape index (κ1) is 13.9. The largest absolute Gasteiger partial charge is 0.497 e. The van der Waals surface area contributed by atoms with Gasteiger partial charge in [-0.3, -0.25) is 9.48 Å². The lowest BCUT2D eigenvalue weighted by atomic mass is 10.2. The molecule has 21 heavy (non-hydrogen) atoms. The maximum atomic E-state index is 12.1. The summed E-state index contributed by atoms with van der Waals surface area (Å²) in [6.07, 6.45) is 2.26. The Labute approximate surface area is 123 Å². The maximum Gasteiger partial charge on any atom is 0.224 e. The van der Waals surface area contributed by atoms with Crippen LogP contribution in [0.1, 0.15) is 6.42 Å². The van der Waals surface area contributed by atoms with Crippen LogP contribution in [-0.2, 0) is 16.1 Å². The zero-order valence-electron chi connectivity index (χ0n) is 12.1. The number of benzene rings is 1. The summed E-state index contributed by atoms with van der Waals surface area (Å²) in [6.45, 7) is 3.24. The number of fused-ring (bicyclic) bond motifs is 1. The monoisotopic (exact) mass is 289 g/mol. The first-order valence-corrected chi connectivity index (χ1v) is 7.13. The van der Waals surface area contributed by atoms with Gasteiger partial charge in [0.15, 0.2) is 0 Å². The molecule has 0 aliphatic carbocycles. The van der Waals surface area contributed by atoms with E-state index in [4.69, 9.17) is 9.47 Å². The van der Waals surface area contributed by atoms with Crippen LogP contribution in [0.4, 0.5) is 0 Å². The van der Waals surface area contributed by atoms with Gasteiger partial charge in [-0.15, -0.1) is 0 Å². The fraction of sp³-hybridized carbons (Fsp3) is 0.467. The number of carbonyl (C=O) groups excluding carboxylic acids is 1. The number of methoxy groups -OCH3 is 1. The lowest BCUT2D eigenvalue weighted by molar-refractivity contribution is -0.135. The number of ether oxygens (including phenoxy) is 2. The van der Waals surface area contributed by atoms with Crippen molar-refractivity contribution < 1.29 is 14.3 Å². The summed E-state index contributed by atoms with van der Waals surface area (Å²) in [5.74, 6) is 0.974. The van der Waals surface area contributed by atoms with Gasteiger partial charge in [0.1, 0.15) is 5.75 Å². The van der Waals surface area contributed by atoms with E-state index in [1.54, 1.807) is 13.3 Å². The third kappa shape index (κ3) is 3.00. The summed E-state index contributed by atoms with van der Waals surface area (Å²) in [5, 5.41) is 5.37. The molecule has 1 fully saturated rings. The number of hydrogen-bond acceptors (Lipinski definition) is 4. The highest BCUT2D eigenvalue weighted by Crippen LogP contribution is 2.20. The predicted molar refractivity (Wildman–Crippen MR) is 78.3 cm³/mol. The van der Waals surface area contributed by atoms with Crippen LogP contribution in [0.5, 0.6) is 5.75 Å². The van der Waals surface area contributed by atoms with Crippen LogP contribution in [0.25, 0.3) is 10.9 Å². The number of hydrogen-bond donors (Lipinski definition) is 0. The molecule has 1 aliphatic heterocycles. The van der Waals surface area contributed by atoms with Gasteiger partial charge in [0, 0.05) is 24.9 Å². The molecule has 2 aromatic rings. The third-order valence-corrected chi connectivity index (χ3v) is 3.75. The van der Waals surface area contributed by atoms with Crippen molar-refractivity contribution in [2.24, 2.45) is 0 Å². The van der Waals surface area contributed by atoms with Gasteiger partial charge in [0.25, 0.3) is 0 Å². The molecule has 112 valence electrons. The van der Waals surface area contributed by atoms with E-state index in [1.165, 1.54) is 0 Å². The van der Waals surface area contributed by atoms with Gasteiger partial charge < -0.3 is 14.4 Å². The van der Waals surface area contributed by atoms with E-state index in [2.05, 4.69) is 5.10 Å². The normalized spacial score (nSPS) is 15.4. The Morgan fingerprint density at radius 3 is 2.95 bits per heavy atom. The third-order valence-electron chi connectivity index (χ3n) is 3.75. The SMILES string of the molecule is COc1ccc2c(cnn2CCC(=O)N2CCOCC2)c1. The van der Waals surface area contributed by atoms with Crippen molar-refractivity contribution in [1.82, 2.24) is 14.7 Å². The molecule has 0 N–H and O–H groups in total. The first-order valence-electron chi connectivity index (χ1n) is 7.13. The van der Waals surface area contributed by atoms with E-state index in [9.17, 15) is 4.79 Å². The predicted octanol–water partition coefficient (Wildman–Crippen LogP) is 1.29. The summed E-state index contributed by atoms with van der Waals surface area (Å²) in [4.78, 5) is 14.0. The smallest absolute Gasteiger partial charge is 0.224 e. The molecular weight excluding hydrogens is 270 g/mol. The van der Waals surface area contributed by atoms with Crippen molar-refractivity contribution in [2.45, 2.75) is 13.0 Å². The standard InChI is InChI=1S/C15H19N3O3/c1-20-13-2-3-14-12(10-13)11-16-18(14)5-4-15(19)17-6-8-21-9-7-17/h2-3,10-11H,4-9H2,1H3. The lowest BCUT2D eigenvalue weighted by Gasteiger charge is -2.26. The van der Waals surface area contributed by atoms with E-state index < -0.39 is 0 Å². The average molecular weight is 289 g/mol. The molecule has 6 nitrogen and oxygen atoms in total. The van der Waals surface area contributed by atoms with Crippen molar-refractivity contribution in [1.29, 1.82) is 0 Å². The Morgan fingerprint density at radius 1 is 1.38 bits per heavy atom. The van der Waals surface area contributed by atoms with Gasteiger partial charge >= 0.3 is 0 Å². The van der Waals surface area contributed by atoms with Gasteiger partial charge in [-0.25, -0.2) is 0 Å². The molecule has 0 spiro atoms. The minimum atomic E-state index is 0.162. The molecule has 1 aromatic heterocycles. The van der Waals surface area contributed by atoms with E-state index in [0.29, 0.717) is 39.3 Å². The van der Waals surface area contributed by atoms with Crippen LogP contribution in [-0.4, -0.2) is 54.0 Å². The minimum absolute atomic E-state index is 0.162. The summed E-state index contributed by atoms with van der Waals surface area (Å²) in [7, 11) is 1.65. The van der Waals surface area contributed by atoms with Crippen molar-refractivity contribution in [3.05, 3.63) is 24.4 Å². The Kier molecular flexibility index (Phi) is 4.06. The van der Waals surface area contributed by atoms with Crippen LogP contribution in [0.15, 0.2) is 24.4 Å². The number of morpholine rings is 1. The number of aromatic nitrogens is 2. The molecule has 0 unspecified atom stereocenters. The number of aryl methyl sites for hydroxylation is 1. The zero-order valence-corrected chi connectivity index (χ0v) is 12.1. The Hall–Kier alpha value is -2.08. The molecule has 0 radical (unpaired) electrons. The topological polar surface area (TPSA) is 56.6 Å². The summed E-state index contributed by atoms with van der Waals surface area (Å²) >= 11 is 0. The van der Waals surface area contributed by atoms with E-state index in [0.717, 1.165) is 16.7 Å². The van der Waals surface area contributed by atoms with Crippen molar-refractivity contribution >= 4 is 16.8 Å². The number of amides is 1. The van der Waals surface area contributed by atoms with Crippen LogP contribution < -0.4 is 4.74 Å². The fourth-order valence-corrected chi connectivity index (χ4v) is 2.54. The average Bonchev–Trinajstić information content (AvgIpc) is 2.95. The minimum Gasteiger partial charge on any atom is -0.497 e. The van der Waals surface area contributed by atoms with Crippen molar-refractivity contribution in [2.75, 3.05) is 33.4 Å². The van der Waals surface area contributed by atoms with Gasteiger partial charge in [-0.2, -0.15) is 5.10 Å². The molecule has 1 aliphatic rings. The van der Waals surface area contributed by atoms with E-state index >= 15 is 0 Å². The summed E-state index contributed by atoms with van der Waals surface area (Å²) < 4.78 is 12.3. The van der Waals surface area contributed by atoms with Crippen LogP contribution in [0.3, 0.4) is 0 Å². The summed E-state index contributed by atoms with van der Waals surface area (Å²) in [6, 6.07) is 5.83. The van der Waals surface area contributed by atoms with E-state index in [1.807, 2.05) is 27.8 Å². The molecule has 6 heteroatoms. The first-order chi connectivity index (χ1) is 10.3. The molecule has 1 saturated heterocycles. The second kappa shape index (κ2) is 6.13. The second-order valence-electron chi connectivity index (χ2n) is 5.04. The molecule has 0 bridgehead atoms. The van der Waals surface area contributed by atoms with Gasteiger partial charge in [-0.05, 0) is 18.2 Å². The van der Waals surface area contributed by atoms with Gasteiger partial charge in [0.05, 0.1) is 38.6 Å². The molecule has 3 rings (SSSR count). The number of rotatable bonds is 4. The molecule has 1 amide bonds. The molecular formula is C15H19N3O3. The highest BCUT2D eigenvalue weighted by Gasteiger charge is 2.16. The molecule has 0 atom stereocenters. The quantitative estimate of drug-likeness (QED) is 0.851. The molecule has 1 aromatic carbocycles. The number of nitrogens with zero attached hydrogens (tertiary/aromatic N) is 3. The fourth-order valence-electron chi connectivity index (χ4n) is 2.54. The van der Waals surface area contributed by atoms with Crippen LogP contribution >= 0.6 is 0 Å². The lowest BCUT2D eigenvalue weighted by Crippen LogP contribution is -2.41. The van der Waals surface area contributed by atoms with Gasteiger partial charge in [0.2, 0.25) is 5.91 Å². The van der Waals surface area contributed by atoms with Crippen LogP contribution in [0.2, 0.25) is 0 Å². The Balaban J connectivity index is 1.66. The van der Waals surface area contributed by atoms with Crippen LogP contribution in [0, 0.1) is 0 Å². The Bertz CT molecular complexity index is 632. The number of carbonyl (C=O) groups is 1. The van der Waals surface area contributed by atoms with E-state index in [-0.39, 0.29) is 5.91 Å². The Morgan fingerprint density at radius 2 is 2.19 bits per heavy atom. The molecule has 2 heterocycles. The highest BCUT2D eigenvalue weighted by atomic mass is 16.5. The maximum absolute atomic E-state index is 12.1. The van der Waals surface area contributed by atoms with Crippen molar-refractivity contribution in [3.8, 4) is 5.75 Å². The highest BCUT2D eigenvalue weighted by molar-refractivity contribution is 5.80. The molecule has 0 saturated carbocycles. The van der Waals surface area contributed by atoms with Gasteiger partial charge in [-0.1, -0.05) is 0 Å². The zero-order chi connectivity index (χ0) is 14.7. The summed E-state index contributed by atoms with van der Waals surface area (Å²) in [5.41, 5.74) is 1.02. The van der Waals surface area contributed by atoms with Crippen molar-refractivity contribution in [3.63, 3.8) is 0 Å². The second-order valence-corrected chi connectivity index (χ2v) is 5.04.